The van der Waals surface area contributed by atoms with Gasteiger partial charge >= 0.3 is 5.97 Å². The standard InChI is InChI=1S/C18H17N3O6/c1-2-26-18(23)14-6-8-16(9-7-14)27-12-17(22)20-19-11-13-4-3-5-15(10-13)21(24)25/h3-11H,2,12H2,1H3,(H,20,22). The highest BCUT2D eigenvalue weighted by Gasteiger charge is 2.07. The predicted octanol–water partition coefficient (Wildman–Crippen LogP) is 2.30. The Bertz CT molecular complexity index is 848. The molecule has 2 aromatic carbocycles. The molecule has 0 atom stereocenters. The lowest BCUT2D eigenvalue weighted by atomic mass is 10.2. The van der Waals surface area contributed by atoms with Crippen LogP contribution >= 0.6 is 0 Å². The number of nitrogens with zero attached hydrogens (tertiary/aromatic N) is 2. The van der Waals surface area contributed by atoms with Gasteiger partial charge in [-0.15, -0.1) is 0 Å². The van der Waals surface area contributed by atoms with Crippen molar-refractivity contribution in [1.29, 1.82) is 0 Å². The number of carbonyl (C=O) groups is 2. The molecule has 0 saturated heterocycles. The van der Waals surface area contributed by atoms with E-state index < -0.39 is 16.8 Å². The van der Waals surface area contributed by atoms with E-state index in [0.717, 1.165) is 0 Å². The summed E-state index contributed by atoms with van der Waals surface area (Å²) < 4.78 is 10.2. The van der Waals surface area contributed by atoms with Gasteiger partial charge in [-0.3, -0.25) is 14.9 Å². The zero-order valence-corrected chi connectivity index (χ0v) is 14.5. The van der Waals surface area contributed by atoms with E-state index in [9.17, 15) is 19.7 Å². The summed E-state index contributed by atoms with van der Waals surface area (Å²) >= 11 is 0. The number of esters is 1. The van der Waals surface area contributed by atoms with Crippen molar-refractivity contribution < 1.29 is 24.0 Å². The number of hydrazone groups is 1. The van der Waals surface area contributed by atoms with Gasteiger partial charge in [0, 0.05) is 17.7 Å². The van der Waals surface area contributed by atoms with Gasteiger partial charge in [-0.05, 0) is 31.2 Å². The number of amides is 1. The van der Waals surface area contributed by atoms with Crippen molar-refractivity contribution in [1.82, 2.24) is 5.43 Å². The summed E-state index contributed by atoms with van der Waals surface area (Å²) in [5, 5.41) is 14.4. The molecule has 140 valence electrons. The van der Waals surface area contributed by atoms with E-state index in [1.54, 1.807) is 25.1 Å². The smallest absolute Gasteiger partial charge is 0.338 e. The molecule has 0 radical (unpaired) electrons. The Morgan fingerprint density at radius 3 is 2.63 bits per heavy atom. The highest BCUT2D eigenvalue weighted by atomic mass is 16.6. The molecule has 0 aliphatic heterocycles. The van der Waals surface area contributed by atoms with Crippen LogP contribution < -0.4 is 10.2 Å². The van der Waals surface area contributed by atoms with Gasteiger partial charge in [0.2, 0.25) is 0 Å². The number of carbonyl (C=O) groups excluding carboxylic acids is 2. The molecule has 0 bridgehead atoms. The first-order valence-electron chi connectivity index (χ1n) is 7.96. The highest BCUT2D eigenvalue weighted by molar-refractivity contribution is 5.89. The van der Waals surface area contributed by atoms with Crippen LogP contribution in [0.1, 0.15) is 22.8 Å². The fraction of sp³-hybridized carbons (Fsp3) is 0.167. The zero-order valence-electron chi connectivity index (χ0n) is 14.5. The minimum absolute atomic E-state index is 0.0696. The molecule has 1 N–H and O–H groups in total. The van der Waals surface area contributed by atoms with Gasteiger partial charge in [0.1, 0.15) is 5.75 Å². The van der Waals surface area contributed by atoms with Gasteiger partial charge in [0.25, 0.3) is 11.6 Å². The molecule has 9 nitrogen and oxygen atoms in total. The van der Waals surface area contributed by atoms with Gasteiger partial charge in [-0.1, -0.05) is 12.1 Å². The van der Waals surface area contributed by atoms with Gasteiger partial charge in [0.15, 0.2) is 6.61 Å². The molecule has 0 saturated carbocycles. The summed E-state index contributed by atoms with van der Waals surface area (Å²) in [5.74, 6) is -0.538. The Balaban J connectivity index is 1.81. The van der Waals surface area contributed by atoms with Crippen molar-refractivity contribution in [3.8, 4) is 5.75 Å². The minimum Gasteiger partial charge on any atom is -0.484 e. The van der Waals surface area contributed by atoms with Crippen LogP contribution in [-0.2, 0) is 9.53 Å². The van der Waals surface area contributed by atoms with Crippen molar-refractivity contribution in [2.45, 2.75) is 6.92 Å². The van der Waals surface area contributed by atoms with Crippen LogP contribution in [0.5, 0.6) is 5.75 Å². The third kappa shape index (κ3) is 6.24. The molecule has 9 heteroatoms. The normalized spacial score (nSPS) is 10.4. The number of non-ortho nitro benzene ring substituents is 1. The molecule has 0 aliphatic carbocycles. The van der Waals surface area contributed by atoms with Gasteiger partial charge in [-0.25, -0.2) is 10.2 Å². The topological polar surface area (TPSA) is 120 Å². The first kappa shape index (κ1) is 19.6. The SMILES string of the molecule is CCOC(=O)c1ccc(OCC(=O)NN=Cc2cccc([N+](=O)[O-])c2)cc1. The van der Waals surface area contributed by atoms with E-state index in [2.05, 4.69) is 10.5 Å². The van der Waals surface area contributed by atoms with E-state index in [-0.39, 0.29) is 18.9 Å². The van der Waals surface area contributed by atoms with E-state index >= 15 is 0 Å². The second kappa shape index (κ2) is 9.66. The second-order valence-corrected chi connectivity index (χ2v) is 5.18. The molecule has 0 fully saturated rings. The summed E-state index contributed by atoms with van der Waals surface area (Å²) in [7, 11) is 0. The number of benzene rings is 2. The summed E-state index contributed by atoms with van der Waals surface area (Å²) in [5.41, 5.74) is 3.05. The summed E-state index contributed by atoms with van der Waals surface area (Å²) in [6, 6.07) is 12.0. The van der Waals surface area contributed by atoms with Crippen LogP contribution in [0, 0.1) is 10.1 Å². The molecule has 0 unspecified atom stereocenters. The first-order chi connectivity index (χ1) is 13.0. The Kier molecular flexibility index (Phi) is 7.00. The Labute approximate surface area is 154 Å². The number of ether oxygens (including phenoxy) is 2. The van der Waals surface area contributed by atoms with Crippen molar-refractivity contribution in [2.24, 2.45) is 5.10 Å². The van der Waals surface area contributed by atoms with Crippen LogP contribution in [0.3, 0.4) is 0 Å². The average Bonchev–Trinajstić information content (AvgIpc) is 2.67. The van der Waals surface area contributed by atoms with Crippen LogP contribution in [-0.4, -0.2) is 36.2 Å². The molecular formula is C18H17N3O6. The molecule has 2 rings (SSSR count). The van der Waals surface area contributed by atoms with Crippen LogP contribution in [0.4, 0.5) is 5.69 Å². The fourth-order valence-corrected chi connectivity index (χ4v) is 1.98. The Morgan fingerprint density at radius 1 is 1.22 bits per heavy atom. The summed E-state index contributed by atoms with van der Waals surface area (Å²) in [6.45, 7) is 1.72. The van der Waals surface area contributed by atoms with Crippen LogP contribution in [0.15, 0.2) is 53.6 Å². The third-order valence-electron chi connectivity index (χ3n) is 3.22. The van der Waals surface area contributed by atoms with E-state index in [1.807, 2.05) is 0 Å². The lowest BCUT2D eigenvalue weighted by Gasteiger charge is -2.06. The monoisotopic (exact) mass is 371 g/mol. The number of rotatable bonds is 8. The lowest BCUT2D eigenvalue weighted by Crippen LogP contribution is -2.24. The Morgan fingerprint density at radius 2 is 1.96 bits per heavy atom. The first-order valence-corrected chi connectivity index (χ1v) is 7.96. The number of hydrogen-bond acceptors (Lipinski definition) is 7. The number of hydrogen-bond donors (Lipinski definition) is 1. The molecule has 0 spiro atoms. The molecule has 0 aliphatic rings. The van der Waals surface area contributed by atoms with Crippen molar-refractivity contribution >= 4 is 23.8 Å². The predicted molar refractivity (Wildman–Crippen MR) is 96.7 cm³/mol. The Hall–Kier alpha value is -3.75. The van der Waals surface area contributed by atoms with Crippen molar-refractivity contribution in [3.05, 3.63) is 69.8 Å². The third-order valence-corrected chi connectivity index (χ3v) is 3.22. The largest absolute Gasteiger partial charge is 0.484 e. The van der Waals surface area contributed by atoms with E-state index in [0.29, 0.717) is 16.9 Å². The number of nitro benzene ring substituents is 1. The van der Waals surface area contributed by atoms with Crippen molar-refractivity contribution in [3.63, 3.8) is 0 Å². The molecule has 0 aromatic heterocycles. The average molecular weight is 371 g/mol. The van der Waals surface area contributed by atoms with Gasteiger partial charge in [0.05, 0.1) is 23.3 Å². The van der Waals surface area contributed by atoms with Gasteiger partial charge in [-0.2, -0.15) is 5.10 Å². The quantitative estimate of drug-likeness (QED) is 0.329. The fourth-order valence-electron chi connectivity index (χ4n) is 1.98. The van der Waals surface area contributed by atoms with E-state index in [4.69, 9.17) is 9.47 Å². The highest BCUT2D eigenvalue weighted by Crippen LogP contribution is 2.13. The molecule has 2 aromatic rings. The van der Waals surface area contributed by atoms with Crippen LogP contribution in [0.25, 0.3) is 0 Å². The maximum Gasteiger partial charge on any atom is 0.338 e. The number of nitrogens with one attached hydrogen (secondary N) is 1. The van der Waals surface area contributed by atoms with Gasteiger partial charge < -0.3 is 9.47 Å². The zero-order chi connectivity index (χ0) is 19.6. The molecule has 0 heterocycles. The minimum atomic E-state index is -0.517. The molecule has 1 amide bonds. The molecular weight excluding hydrogens is 354 g/mol. The maximum atomic E-state index is 11.7. The second-order valence-electron chi connectivity index (χ2n) is 5.18. The van der Waals surface area contributed by atoms with Crippen molar-refractivity contribution in [2.75, 3.05) is 13.2 Å². The summed E-state index contributed by atoms with van der Waals surface area (Å²) in [6.07, 6.45) is 1.29. The van der Waals surface area contributed by atoms with E-state index in [1.165, 1.54) is 36.5 Å². The summed E-state index contributed by atoms with van der Waals surface area (Å²) in [4.78, 5) is 33.4. The maximum absolute atomic E-state index is 11.7. The molecule has 27 heavy (non-hydrogen) atoms. The number of nitro groups is 1. The lowest BCUT2D eigenvalue weighted by molar-refractivity contribution is -0.384. The van der Waals surface area contributed by atoms with Crippen LogP contribution in [0.2, 0.25) is 0 Å².